The fourth-order valence-electron chi connectivity index (χ4n) is 2.39. The molecule has 1 aromatic rings. The molecule has 0 aliphatic heterocycles. The van der Waals surface area contributed by atoms with Gasteiger partial charge in [-0.25, -0.2) is 0 Å². The van der Waals surface area contributed by atoms with Crippen LogP contribution in [0.3, 0.4) is 0 Å². The molecule has 1 saturated carbocycles. The largest absolute Gasteiger partial charge is 0.481 e. The Morgan fingerprint density at radius 3 is 2.65 bits per heavy atom. The Bertz CT molecular complexity index is 361. The van der Waals surface area contributed by atoms with Crippen LogP contribution in [0.25, 0.3) is 0 Å². The summed E-state index contributed by atoms with van der Waals surface area (Å²) >= 11 is 0. The van der Waals surface area contributed by atoms with E-state index in [1.807, 2.05) is 18.2 Å². The molecule has 1 aliphatic carbocycles. The van der Waals surface area contributed by atoms with Gasteiger partial charge in [-0.2, -0.15) is 4.98 Å². The highest BCUT2D eigenvalue weighted by atomic mass is 16.5. The maximum absolute atomic E-state index is 5.93. The van der Waals surface area contributed by atoms with E-state index in [0.29, 0.717) is 18.0 Å². The lowest BCUT2D eigenvalue weighted by Gasteiger charge is -2.34. The summed E-state index contributed by atoms with van der Waals surface area (Å²) in [5.74, 6) is 1.65. The van der Waals surface area contributed by atoms with Crippen molar-refractivity contribution in [1.82, 2.24) is 4.98 Å². The summed E-state index contributed by atoms with van der Waals surface area (Å²) in [6.07, 6.45) is 4.52. The number of hydrogen-bond acceptors (Lipinski definition) is 4. The summed E-state index contributed by atoms with van der Waals surface area (Å²) < 4.78 is 5.15. The van der Waals surface area contributed by atoms with Gasteiger partial charge in [0.1, 0.15) is 5.82 Å². The number of anilines is 1. The smallest absolute Gasteiger partial charge is 0.214 e. The summed E-state index contributed by atoms with van der Waals surface area (Å²) in [5, 5.41) is 0. The van der Waals surface area contributed by atoms with Gasteiger partial charge in [0.25, 0.3) is 0 Å². The third-order valence-corrected chi connectivity index (χ3v) is 3.57. The van der Waals surface area contributed by atoms with E-state index >= 15 is 0 Å². The van der Waals surface area contributed by atoms with Gasteiger partial charge in [0.15, 0.2) is 0 Å². The topological polar surface area (TPSA) is 51.4 Å². The molecule has 2 rings (SSSR count). The van der Waals surface area contributed by atoms with Crippen LogP contribution >= 0.6 is 0 Å². The first-order valence-corrected chi connectivity index (χ1v) is 6.20. The SMILES string of the molecule is COc1cccc(N(C)C2CCC(N)CC2)n1. The Hall–Kier alpha value is -1.29. The molecule has 0 unspecified atom stereocenters. The van der Waals surface area contributed by atoms with E-state index in [9.17, 15) is 0 Å². The highest BCUT2D eigenvalue weighted by molar-refractivity contribution is 5.41. The summed E-state index contributed by atoms with van der Waals surface area (Å²) in [4.78, 5) is 6.70. The van der Waals surface area contributed by atoms with Crippen molar-refractivity contribution >= 4 is 5.82 Å². The number of rotatable bonds is 3. The monoisotopic (exact) mass is 235 g/mol. The highest BCUT2D eigenvalue weighted by Gasteiger charge is 2.22. The quantitative estimate of drug-likeness (QED) is 0.868. The average molecular weight is 235 g/mol. The fourth-order valence-corrected chi connectivity index (χ4v) is 2.39. The van der Waals surface area contributed by atoms with Crippen molar-refractivity contribution in [2.75, 3.05) is 19.1 Å². The van der Waals surface area contributed by atoms with Crippen molar-refractivity contribution in [1.29, 1.82) is 0 Å². The van der Waals surface area contributed by atoms with Crippen LogP contribution in [0.15, 0.2) is 18.2 Å². The number of methoxy groups -OCH3 is 1. The van der Waals surface area contributed by atoms with E-state index in [-0.39, 0.29) is 0 Å². The van der Waals surface area contributed by atoms with Crippen LogP contribution in [-0.4, -0.2) is 31.2 Å². The van der Waals surface area contributed by atoms with Gasteiger partial charge in [0, 0.05) is 25.2 Å². The van der Waals surface area contributed by atoms with Gasteiger partial charge in [-0.05, 0) is 31.7 Å². The Morgan fingerprint density at radius 1 is 1.29 bits per heavy atom. The molecule has 1 aromatic heterocycles. The van der Waals surface area contributed by atoms with Gasteiger partial charge in [-0.3, -0.25) is 0 Å². The number of nitrogens with zero attached hydrogens (tertiary/aromatic N) is 2. The number of ether oxygens (including phenoxy) is 1. The summed E-state index contributed by atoms with van der Waals surface area (Å²) in [6, 6.07) is 6.81. The Kier molecular flexibility index (Phi) is 3.84. The molecule has 17 heavy (non-hydrogen) atoms. The molecule has 0 aromatic carbocycles. The zero-order valence-electron chi connectivity index (χ0n) is 10.6. The van der Waals surface area contributed by atoms with Gasteiger partial charge in [0.05, 0.1) is 7.11 Å². The minimum Gasteiger partial charge on any atom is -0.481 e. The molecule has 1 fully saturated rings. The Morgan fingerprint density at radius 2 is 2.00 bits per heavy atom. The highest BCUT2D eigenvalue weighted by Crippen LogP contribution is 2.25. The first-order valence-electron chi connectivity index (χ1n) is 6.20. The zero-order valence-corrected chi connectivity index (χ0v) is 10.6. The van der Waals surface area contributed by atoms with Gasteiger partial charge in [-0.1, -0.05) is 6.07 Å². The van der Waals surface area contributed by atoms with E-state index in [1.54, 1.807) is 7.11 Å². The standard InChI is InChI=1S/C13H21N3O/c1-16(11-8-6-10(14)7-9-11)12-4-3-5-13(15-12)17-2/h3-5,10-11H,6-9,14H2,1-2H3. The predicted molar refractivity (Wildman–Crippen MR) is 69.4 cm³/mol. The van der Waals surface area contributed by atoms with Crippen LogP contribution < -0.4 is 15.4 Å². The Labute approximate surface area is 103 Å². The normalized spacial score (nSPS) is 24.4. The molecule has 1 aliphatic rings. The third kappa shape index (κ3) is 2.88. The number of nitrogens with two attached hydrogens (primary N) is 1. The number of hydrogen-bond donors (Lipinski definition) is 1. The maximum Gasteiger partial charge on any atom is 0.214 e. The van der Waals surface area contributed by atoms with E-state index in [2.05, 4.69) is 16.9 Å². The summed E-state index contributed by atoms with van der Waals surface area (Å²) in [6.45, 7) is 0. The van der Waals surface area contributed by atoms with Gasteiger partial charge in [-0.15, -0.1) is 0 Å². The molecule has 0 amide bonds. The molecule has 4 nitrogen and oxygen atoms in total. The van der Waals surface area contributed by atoms with Gasteiger partial charge in [0.2, 0.25) is 5.88 Å². The zero-order chi connectivity index (χ0) is 12.3. The van der Waals surface area contributed by atoms with Crippen LogP contribution in [0.2, 0.25) is 0 Å². The third-order valence-electron chi connectivity index (χ3n) is 3.57. The van der Waals surface area contributed by atoms with Crippen molar-refractivity contribution in [3.05, 3.63) is 18.2 Å². The second-order valence-electron chi connectivity index (χ2n) is 4.72. The molecular weight excluding hydrogens is 214 g/mol. The summed E-state index contributed by atoms with van der Waals surface area (Å²) in [7, 11) is 3.75. The molecule has 1 heterocycles. The van der Waals surface area contributed by atoms with E-state index < -0.39 is 0 Å². The Balaban J connectivity index is 2.05. The van der Waals surface area contributed by atoms with Crippen LogP contribution in [0.1, 0.15) is 25.7 Å². The van der Waals surface area contributed by atoms with Crippen LogP contribution in [-0.2, 0) is 0 Å². The minimum absolute atomic E-state index is 0.387. The van der Waals surface area contributed by atoms with Crippen LogP contribution in [0.4, 0.5) is 5.82 Å². The molecule has 94 valence electrons. The second kappa shape index (κ2) is 5.36. The molecule has 0 bridgehead atoms. The minimum atomic E-state index is 0.387. The fraction of sp³-hybridized carbons (Fsp3) is 0.615. The van der Waals surface area contributed by atoms with E-state index in [0.717, 1.165) is 31.5 Å². The van der Waals surface area contributed by atoms with Gasteiger partial charge >= 0.3 is 0 Å². The van der Waals surface area contributed by atoms with Crippen LogP contribution in [0.5, 0.6) is 5.88 Å². The van der Waals surface area contributed by atoms with Crippen molar-refractivity contribution in [2.24, 2.45) is 5.73 Å². The molecule has 0 atom stereocenters. The first-order chi connectivity index (χ1) is 8.20. The molecule has 0 spiro atoms. The lowest BCUT2D eigenvalue weighted by atomic mass is 9.91. The van der Waals surface area contributed by atoms with Crippen molar-refractivity contribution in [2.45, 2.75) is 37.8 Å². The van der Waals surface area contributed by atoms with Gasteiger partial charge < -0.3 is 15.4 Å². The molecule has 0 saturated heterocycles. The number of pyridine rings is 1. The molecule has 2 N–H and O–H groups in total. The van der Waals surface area contributed by atoms with Crippen molar-refractivity contribution in [3.63, 3.8) is 0 Å². The van der Waals surface area contributed by atoms with E-state index in [1.165, 1.54) is 0 Å². The number of aromatic nitrogens is 1. The maximum atomic E-state index is 5.93. The molecule has 0 radical (unpaired) electrons. The second-order valence-corrected chi connectivity index (χ2v) is 4.72. The molecular formula is C13H21N3O. The van der Waals surface area contributed by atoms with Crippen molar-refractivity contribution < 1.29 is 4.74 Å². The lowest BCUT2D eigenvalue weighted by molar-refractivity contribution is 0.379. The lowest BCUT2D eigenvalue weighted by Crippen LogP contribution is -2.39. The van der Waals surface area contributed by atoms with E-state index in [4.69, 9.17) is 10.5 Å². The predicted octanol–water partition coefficient (Wildman–Crippen LogP) is 1.80. The van der Waals surface area contributed by atoms with Crippen molar-refractivity contribution in [3.8, 4) is 5.88 Å². The average Bonchev–Trinajstić information content (AvgIpc) is 2.39. The summed E-state index contributed by atoms with van der Waals surface area (Å²) in [5.41, 5.74) is 5.93. The molecule has 4 heteroatoms. The van der Waals surface area contributed by atoms with Crippen LogP contribution in [0, 0.1) is 0 Å². The first kappa shape index (κ1) is 12.2.